The molecule has 0 atom stereocenters. The number of amides is 1. The van der Waals surface area contributed by atoms with E-state index in [1.54, 1.807) is 19.0 Å². The summed E-state index contributed by atoms with van der Waals surface area (Å²) in [5, 5.41) is 6.50. The normalized spacial score (nSPS) is 15.2. The quantitative estimate of drug-likeness (QED) is 0.386. The second-order valence-corrected chi connectivity index (χ2v) is 6.31. The summed E-state index contributed by atoms with van der Waals surface area (Å²) in [4.78, 5) is 18.0. The molecule has 5 nitrogen and oxygen atoms in total. The van der Waals surface area contributed by atoms with Crippen molar-refractivity contribution in [1.82, 2.24) is 15.5 Å². The van der Waals surface area contributed by atoms with Gasteiger partial charge in [0.1, 0.15) is 0 Å². The summed E-state index contributed by atoms with van der Waals surface area (Å²) < 4.78 is 0. The van der Waals surface area contributed by atoms with Crippen LogP contribution in [-0.2, 0) is 10.2 Å². The molecule has 0 radical (unpaired) electrons. The van der Waals surface area contributed by atoms with E-state index < -0.39 is 0 Å². The van der Waals surface area contributed by atoms with Gasteiger partial charge in [-0.2, -0.15) is 0 Å². The van der Waals surface area contributed by atoms with Gasteiger partial charge in [-0.25, -0.2) is 0 Å². The molecule has 1 amide bonds. The van der Waals surface area contributed by atoms with Crippen LogP contribution in [-0.4, -0.2) is 50.5 Å². The Morgan fingerprint density at radius 1 is 1.21 bits per heavy atom. The second kappa shape index (κ2) is 9.86. The topological polar surface area (TPSA) is 56.7 Å². The highest BCUT2D eigenvalue weighted by atomic mass is 127. The maximum atomic E-state index is 11.6. The van der Waals surface area contributed by atoms with E-state index in [4.69, 9.17) is 4.99 Å². The van der Waals surface area contributed by atoms with E-state index in [0.29, 0.717) is 13.0 Å². The third-order valence-electron chi connectivity index (χ3n) is 4.25. The molecule has 1 aromatic carbocycles. The zero-order valence-electron chi connectivity index (χ0n) is 14.8. The number of guanidine groups is 1. The first-order valence-corrected chi connectivity index (χ1v) is 8.35. The highest BCUT2D eigenvalue weighted by Crippen LogP contribution is 2.48. The lowest BCUT2D eigenvalue weighted by Gasteiger charge is -2.16. The summed E-state index contributed by atoms with van der Waals surface area (Å²) in [6.07, 6.45) is 2.86. The molecular weight excluding hydrogens is 415 g/mol. The lowest BCUT2D eigenvalue weighted by atomic mass is 9.96. The van der Waals surface area contributed by atoms with Crippen molar-refractivity contribution in [3.63, 3.8) is 0 Å². The minimum Gasteiger partial charge on any atom is -0.357 e. The Labute approximate surface area is 162 Å². The Kier molecular flexibility index (Phi) is 8.52. The van der Waals surface area contributed by atoms with E-state index in [0.717, 1.165) is 19.0 Å². The third-order valence-corrected chi connectivity index (χ3v) is 4.25. The van der Waals surface area contributed by atoms with Gasteiger partial charge in [0.2, 0.25) is 5.91 Å². The van der Waals surface area contributed by atoms with Crippen LogP contribution in [0.5, 0.6) is 0 Å². The summed E-state index contributed by atoms with van der Waals surface area (Å²) >= 11 is 0. The monoisotopic (exact) mass is 444 g/mol. The van der Waals surface area contributed by atoms with Crippen molar-refractivity contribution in [2.75, 3.05) is 33.7 Å². The zero-order valence-corrected chi connectivity index (χ0v) is 17.2. The van der Waals surface area contributed by atoms with Crippen LogP contribution in [0.4, 0.5) is 0 Å². The first kappa shape index (κ1) is 20.7. The van der Waals surface area contributed by atoms with Gasteiger partial charge in [0, 0.05) is 39.0 Å². The number of rotatable bonds is 7. The number of benzene rings is 1. The van der Waals surface area contributed by atoms with E-state index in [1.165, 1.54) is 18.4 Å². The van der Waals surface area contributed by atoms with Crippen LogP contribution >= 0.6 is 24.0 Å². The maximum absolute atomic E-state index is 11.6. The predicted octanol–water partition coefficient (Wildman–Crippen LogP) is 2.37. The van der Waals surface area contributed by atoms with Gasteiger partial charge in [0.05, 0.1) is 6.54 Å². The molecule has 0 heterocycles. The number of nitrogens with one attached hydrogen (secondary N) is 2. The number of hydrogen-bond acceptors (Lipinski definition) is 2. The van der Waals surface area contributed by atoms with Gasteiger partial charge in [-0.05, 0) is 25.3 Å². The fraction of sp³-hybridized carbons (Fsp3) is 0.556. The largest absolute Gasteiger partial charge is 0.357 e. The van der Waals surface area contributed by atoms with Crippen molar-refractivity contribution >= 4 is 35.8 Å². The lowest BCUT2D eigenvalue weighted by molar-refractivity contribution is -0.128. The van der Waals surface area contributed by atoms with Crippen LogP contribution in [0.3, 0.4) is 0 Å². The molecule has 1 saturated carbocycles. The van der Waals surface area contributed by atoms with Gasteiger partial charge in [0.25, 0.3) is 0 Å². The number of nitrogens with zero attached hydrogens (tertiary/aromatic N) is 2. The molecule has 1 fully saturated rings. The Morgan fingerprint density at radius 3 is 2.42 bits per heavy atom. The van der Waals surface area contributed by atoms with Crippen molar-refractivity contribution in [3.05, 3.63) is 35.9 Å². The third kappa shape index (κ3) is 5.96. The second-order valence-electron chi connectivity index (χ2n) is 6.31. The van der Waals surface area contributed by atoms with Crippen LogP contribution < -0.4 is 10.6 Å². The Balaban J connectivity index is 0.00000288. The molecule has 0 bridgehead atoms. The van der Waals surface area contributed by atoms with E-state index in [1.807, 2.05) is 6.92 Å². The first-order chi connectivity index (χ1) is 11.1. The number of aliphatic imine (C=N–C) groups is 1. The van der Waals surface area contributed by atoms with Crippen molar-refractivity contribution in [3.8, 4) is 0 Å². The summed E-state index contributed by atoms with van der Waals surface area (Å²) in [6, 6.07) is 10.6. The average molecular weight is 444 g/mol. The summed E-state index contributed by atoms with van der Waals surface area (Å²) in [5.41, 5.74) is 1.59. The average Bonchev–Trinajstić information content (AvgIpc) is 3.34. The molecule has 0 spiro atoms. The number of hydrogen-bond donors (Lipinski definition) is 2. The Morgan fingerprint density at radius 2 is 1.88 bits per heavy atom. The SMILES string of the molecule is CCNC(=NCC1(c2ccccc2)CC1)NCCC(=O)N(C)C.I. The molecule has 1 aliphatic rings. The number of halogens is 1. The molecule has 0 saturated heterocycles. The van der Waals surface area contributed by atoms with Crippen LogP contribution in [0.25, 0.3) is 0 Å². The minimum absolute atomic E-state index is 0. The smallest absolute Gasteiger partial charge is 0.223 e. The molecule has 1 aliphatic carbocycles. The van der Waals surface area contributed by atoms with Crippen molar-refractivity contribution < 1.29 is 4.79 Å². The Hall–Kier alpha value is -1.31. The van der Waals surface area contributed by atoms with Crippen LogP contribution in [0.1, 0.15) is 31.7 Å². The maximum Gasteiger partial charge on any atom is 0.223 e. The first-order valence-electron chi connectivity index (χ1n) is 8.35. The van der Waals surface area contributed by atoms with E-state index in [9.17, 15) is 4.79 Å². The predicted molar refractivity (Wildman–Crippen MR) is 110 cm³/mol. The molecule has 0 aliphatic heterocycles. The van der Waals surface area contributed by atoms with Crippen LogP contribution in [0, 0.1) is 0 Å². The minimum atomic E-state index is 0. The highest BCUT2D eigenvalue weighted by molar-refractivity contribution is 14.0. The fourth-order valence-corrected chi connectivity index (χ4v) is 2.56. The number of carbonyl (C=O) groups is 1. The van der Waals surface area contributed by atoms with Crippen molar-refractivity contribution in [1.29, 1.82) is 0 Å². The molecule has 2 rings (SSSR count). The zero-order chi connectivity index (χ0) is 16.7. The summed E-state index contributed by atoms with van der Waals surface area (Å²) in [6.45, 7) is 4.24. The van der Waals surface area contributed by atoms with Crippen molar-refractivity contribution in [2.45, 2.75) is 31.6 Å². The molecular formula is C18H29IN4O. The van der Waals surface area contributed by atoms with Gasteiger partial charge in [-0.3, -0.25) is 9.79 Å². The molecule has 2 N–H and O–H groups in total. The molecule has 0 unspecified atom stereocenters. The van der Waals surface area contributed by atoms with E-state index in [2.05, 4.69) is 41.0 Å². The van der Waals surface area contributed by atoms with Gasteiger partial charge < -0.3 is 15.5 Å². The molecule has 134 valence electrons. The van der Waals surface area contributed by atoms with E-state index in [-0.39, 0.29) is 35.3 Å². The molecule has 1 aromatic rings. The molecule has 24 heavy (non-hydrogen) atoms. The summed E-state index contributed by atoms with van der Waals surface area (Å²) in [7, 11) is 3.55. The van der Waals surface area contributed by atoms with Gasteiger partial charge in [-0.15, -0.1) is 24.0 Å². The molecule has 0 aromatic heterocycles. The fourth-order valence-electron chi connectivity index (χ4n) is 2.56. The van der Waals surface area contributed by atoms with Crippen LogP contribution in [0.2, 0.25) is 0 Å². The van der Waals surface area contributed by atoms with Gasteiger partial charge in [-0.1, -0.05) is 30.3 Å². The van der Waals surface area contributed by atoms with Crippen molar-refractivity contribution in [2.24, 2.45) is 4.99 Å². The highest BCUT2D eigenvalue weighted by Gasteiger charge is 2.43. The lowest BCUT2D eigenvalue weighted by Crippen LogP contribution is -2.39. The van der Waals surface area contributed by atoms with Gasteiger partial charge in [0.15, 0.2) is 5.96 Å². The number of carbonyl (C=O) groups excluding carboxylic acids is 1. The van der Waals surface area contributed by atoms with Gasteiger partial charge >= 0.3 is 0 Å². The van der Waals surface area contributed by atoms with Crippen LogP contribution in [0.15, 0.2) is 35.3 Å². The molecule has 6 heteroatoms. The Bertz CT molecular complexity index is 541. The summed E-state index contributed by atoms with van der Waals surface area (Å²) in [5.74, 6) is 0.914. The van der Waals surface area contributed by atoms with E-state index >= 15 is 0 Å². The standard InChI is InChI=1S/C18H28N4O.HI/c1-4-19-17(20-13-10-16(23)22(2)3)21-14-18(11-12-18)15-8-6-5-7-9-15;/h5-9H,4,10-14H2,1-3H3,(H2,19,20,21);1H.